The molecule has 2 rings (SSSR count). The highest BCUT2D eigenvalue weighted by molar-refractivity contribution is 6.31. The third-order valence-corrected chi connectivity index (χ3v) is 3.14. The summed E-state index contributed by atoms with van der Waals surface area (Å²) in [4.78, 5) is 0. The van der Waals surface area contributed by atoms with Gasteiger partial charge in [-0.15, -0.1) is 5.10 Å². The first kappa shape index (κ1) is 15.7. The van der Waals surface area contributed by atoms with Gasteiger partial charge in [-0.25, -0.2) is 4.68 Å². The first-order chi connectivity index (χ1) is 10.1. The zero-order valence-corrected chi connectivity index (χ0v) is 13.0. The standard InChI is InChI=1S/C14H20ClN5O/c1-10(2)21-6-4-3-5-20-14(17-18-19-20)11-7-12(15)9-13(16)8-11/h7-10H,3-6,16H2,1-2H3. The van der Waals surface area contributed by atoms with Crippen molar-refractivity contribution >= 4 is 17.3 Å². The van der Waals surface area contributed by atoms with E-state index in [-0.39, 0.29) is 6.10 Å². The van der Waals surface area contributed by atoms with E-state index in [1.165, 1.54) is 0 Å². The van der Waals surface area contributed by atoms with Gasteiger partial charge in [0.1, 0.15) is 0 Å². The molecule has 1 aromatic heterocycles. The van der Waals surface area contributed by atoms with E-state index in [4.69, 9.17) is 22.1 Å². The van der Waals surface area contributed by atoms with Crippen molar-refractivity contribution in [1.29, 1.82) is 0 Å². The number of aryl methyl sites for hydroxylation is 1. The van der Waals surface area contributed by atoms with Gasteiger partial charge in [-0.1, -0.05) is 11.6 Å². The summed E-state index contributed by atoms with van der Waals surface area (Å²) in [5.41, 5.74) is 7.22. The molecule has 0 spiro atoms. The highest BCUT2D eigenvalue weighted by atomic mass is 35.5. The molecule has 2 aromatic rings. The SMILES string of the molecule is CC(C)OCCCCn1nnnc1-c1cc(N)cc(Cl)c1. The minimum absolute atomic E-state index is 0.267. The number of benzene rings is 1. The fourth-order valence-electron chi connectivity index (χ4n) is 1.99. The molecule has 1 aromatic carbocycles. The van der Waals surface area contributed by atoms with E-state index in [1.54, 1.807) is 10.7 Å². The quantitative estimate of drug-likeness (QED) is 0.628. The largest absolute Gasteiger partial charge is 0.399 e. The number of aromatic nitrogens is 4. The maximum atomic E-state index is 6.02. The van der Waals surface area contributed by atoms with Crippen molar-refractivity contribution in [2.45, 2.75) is 39.3 Å². The molecule has 0 aliphatic carbocycles. The van der Waals surface area contributed by atoms with Crippen molar-refractivity contribution in [2.75, 3.05) is 12.3 Å². The normalized spacial score (nSPS) is 11.2. The van der Waals surface area contributed by atoms with Gasteiger partial charge < -0.3 is 10.5 Å². The van der Waals surface area contributed by atoms with Gasteiger partial charge in [0.05, 0.1) is 6.10 Å². The number of nitrogens with zero attached hydrogens (tertiary/aromatic N) is 4. The maximum absolute atomic E-state index is 6.02. The van der Waals surface area contributed by atoms with Gasteiger partial charge in [-0.05, 0) is 55.3 Å². The molecule has 0 amide bonds. The summed E-state index contributed by atoms with van der Waals surface area (Å²) in [5.74, 6) is 0.675. The van der Waals surface area contributed by atoms with Gasteiger partial charge in [0, 0.05) is 29.4 Å². The number of hydrogen-bond donors (Lipinski definition) is 1. The van der Waals surface area contributed by atoms with E-state index in [1.807, 2.05) is 26.0 Å². The van der Waals surface area contributed by atoms with Crippen LogP contribution < -0.4 is 5.73 Å². The minimum Gasteiger partial charge on any atom is -0.399 e. The van der Waals surface area contributed by atoms with Crippen molar-refractivity contribution in [3.63, 3.8) is 0 Å². The van der Waals surface area contributed by atoms with E-state index in [2.05, 4.69) is 15.5 Å². The van der Waals surface area contributed by atoms with Gasteiger partial charge in [-0.2, -0.15) is 0 Å². The summed E-state index contributed by atoms with van der Waals surface area (Å²) in [5, 5.41) is 12.4. The van der Waals surface area contributed by atoms with E-state index >= 15 is 0 Å². The average Bonchev–Trinajstić information content (AvgIpc) is 2.85. The summed E-state index contributed by atoms with van der Waals surface area (Å²) in [7, 11) is 0. The van der Waals surface area contributed by atoms with Crippen LogP contribution in [0.25, 0.3) is 11.4 Å². The van der Waals surface area contributed by atoms with Crippen LogP contribution in [0.5, 0.6) is 0 Å². The Kier molecular flexibility index (Phi) is 5.52. The molecule has 0 fully saturated rings. The number of unbranched alkanes of at least 4 members (excludes halogenated alkanes) is 1. The second-order valence-corrected chi connectivity index (χ2v) is 5.56. The van der Waals surface area contributed by atoms with Crippen LogP contribution in [0, 0.1) is 0 Å². The second-order valence-electron chi connectivity index (χ2n) is 5.13. The summed E-state index contributed by atoms with van der Waals surface area (Å²) < 4.78 is 7.28. The maximum Gasteiger partial charge on any atom is 0.182 e. The Bertz CT molecular complexity index is 564. The Morgan fingerprint density at radius 3 is 2.81 bits per heavy atom. The molecule has 6 nitrogen and oxygen atoms in total. The molecular formula is C14H20ClN5O. The molecule has 114 valence electrons. The lowest BCUT2D eigenvalue weighted by molar-refractivity contribution is 0.0753. The van der Waals surface area contributed by atoms with Crippen LogP contribution in [-0.2, 0) is 11.3 Å². The molecule has 0 atom stereocenters. The predicted octanol–water partition coefficient (Wildman–Crippen LogP) is 2.78. The molecule has 7 heteroatoms. The minimum atomic E-state index is 0.267. The van der Waals surface area contributed by atoms with Crippen molar-refractivity contribution in [1.82, 2.24) is 20.2 Å². The number of anilines is 1. The van der Waals surface area contributed by atoms with Crippen LogP contribution in [0.1, 0.15) is 26.7 Å². The first-order valence-corrected chi connectivity index (χ1v) is 7.38. The van der Waals surface area contributed by atoms with E-state index in [0.29, 0.717) is 16.5 Å². The second kappa shape index (κ2) is 7.38. The zero-order valence-electron chi connectivity index (χ0n) is 12.3. The monoisotopic (exact) mass is 309 g/mol. The first-order valence-electron chi connectivity index (χ1n) is 7.00. The Hall–Kier alpha value is -1.66. The van der Waals surface area contributed by atoms with Crippen molar-refractivity contribution < 1.29 is 4.74 Å². The van der Waals surface area contributed by atoms with Gasteiger partial charge in [0.2, 0.25) is 0 Å². The smallest absolute Gasteiger partial charge is 0.182 e. The Labute approximate surface area is 129 Å². The molecule has 21 heavy (non-hydrogen) atoms. The third-order valence-electron chi connectivity index (χ3n) is 2.93. The highest BCUT2D eigenvalue weighted by Crippen LogP contribution is 2.24. The van der Waals surface area contributed by atoms with Gasteiger partial charge in [-0.3, -0.25) is 0 Å². The lowest BCUT2D eigenvalue weighted by atomic mass is 10.2. The Balaban J connectivity index is 1.98. The van der Waals surface area contributed by atoms with Crippen LogP contribution in [0.15, 0.2) is 18.2 Å². The fraction of sp³-hybridized carbons (Fsp3) is 0.500. The van der Waals surface area contributed by atoms with Gasteiger partial charge in [0.15, 0.2) is 5.82 Å². The lowest BCUT2D eigenvalue weighted by Crippen LogP contribution is -2.07. The van der Waals surface area contributed by atoms with Crippen LogP contribution in [0.4, 0.5) is 5.69 Å². The summed E-state index contributed by atoms with van der Waals surface area (Å²) in [6, 6.07) is 5.32. The average molecular weight is 310 g/mol. The third kappa shape index (κ3) is 4.68. The zero-order chi connectivity index (χ0) is 15.2. The summed E-state index contributed by atoms with van der Waals surface area (Å²) in [6.07, 6.45) is 2.18. The predicted molar refractivity (Wildman–Crippen MR) is 83.0 cm³/mol. The van der Waals surface area contributed by atoms with Crippen LogP contribution >= 0.6 is 11.6 Å². The number of rotatable bonds is 7. The summed E-state index contributed by atoms with van der Waals surface area (Å²) >= 11 is 6.02. The molecule has 0 aliphatic heterocycles. The van der Waals surface area contributed by atoms with Gasteiger partial charge in [0.25, 0.3) is 0 Å². The van der Waals surface area contributed by atoms with Crippen LogP contribution in [0.3, 0.4) is 0 Å². The van der Waals surface area contributed by atoms with Crippen molar-refractivity contribution in [3.05, 3.63) is 23.2 Å². The number of halogens is 1. The molecule has 0 radical (unpaired) electrons. The number of nitrogens with two attached hydrogens (primary N) is 1. The Morgan fingerprint density at radius 1 is 1.29 bits per heavy atom. The van der Waals surface area contributed by atoms with Crippen molar-refractivity contribution in [2.24, 2.45) is 0 Å². The number of ether oxygens (including phenoxy) is 1. The van der Waals surface area contributed by atoms with Gasteiger partial charge >= 0.3 is 0 Å². The molecule has 0 aliphatic rings. The van der Waals surface area contributed by atoms with E-state index < -0.39 is 0 Å². The van der Waals surface area contributed by atoms with Crippen LogP contribution in [0.2, 0.25) is 5.02 Å². The number of tetrazole rings is 1. The molecule has 0 saturated carbocycles. The number of hydrogen-bond acceptors (Lipinski definition) is 5. The molecule has 0 saturated heterocycles. The van der Waals surface area contributed by atoms with Crippen LogP contribution in [-0.4, -0.2) is 32.9 Å². The lowest BCUT2D eigenvalue weighted by Gasteiger charge is -2.08. The van der Waals surface area contributed by atoms with E-state index in [9.17, 15) is 0 Å². The molecule has 1 heterocycles. The molecular weight excluding hydrogens is 290 g/mol. The van der Waals surface area contributed by atoms with Crippen molar-refractivity contribution in [3.8, 4) is 11.4 Å². The topological polar surface area (TPSA) is 78.8 Å². The molecule has 0 unspecified atom stereocenters. The molecule has 2 N–H and O–H groups in total. The fourth-order valence-corrected chi connectivity index (χ4v) is 2.23. The number of nitrogen functional groups attached to an aromatic ring is 1. The Morgan fingerprint density at radius 2 is 2.10 bits per heavy atom. The molecule has 0 bridgehead atoms. The highest BCUT2D eigenvalue weighted by Gasteiger charge is 2.10. The van der Waals surface area contributed by atoms with E-state index in [0.717, 1.165) is 31.6 Å². The summed E-state index contributed by atoms with van der Waals surface area (Å²) in [6.45, 7) is 5.54.